The van der Waals surface area contributed by atoms with Crippen LogP contribution in [-0.2, 0) is 0 Å². The van der Waals surface area contributed by atoms with Gasteiger partial charge in [0.05, 0.1) is 11.0 Å². The molecule has 23 heavy (non-hydrogen) atoms. The lowest BCUT2D eigenvalue weighted by molar-refractivity contribution is 1.07. The second kappa shape index (κ2) is 5.58. The third kappa shape index (κ3) is 2.34. The van der Waals surface area contributed by atoms with Crippen molar-refractivity contribution in [3.8, 4) is 16.8 Å². The summed E-state index contributed by atoms with van der Waals surface area (Å²) in [6.45, 7) is 3.89. The highest BCUT2D eigenvalue weighted by Gasteiger charge is 2.09. The molecular weight excluding hydrogens is 280 g/mol. The Morgan fingerprint density at radius 3 is 2.13 bits per heavy atom. The van der Waals surface area contributed by atoms with Crippen molar-refractivity contribution in [2.24, 2.45) is 0 Å². The Morgan fingerprint density at radius 2 is 1.39 bits per heavy atom. The molecule has 0 aliphatic heterocycles. The van der Waals surface area contributed by atoms with E-state index in [4.69, 9.17) is 0 Å². The topological polar surface area (TPSA) is 17.8 Å². The monoisotopic (exact) mass is 296 g/mol. The number of nitrogens with zero attached hydrogens (tertiary/aromatic N) is 2. The zero-order valence-electron chi connectivity index (χ0n) is 12.7. The van der Waals surface area contributed by atoms with Crippen LogP contribution < -0.4 is 0 Å². The number of hydrogen-bond donors (Lipinski definition) is 0. The van der Waals surface area contributed by atoms with Crippen molar-refractivity contribution < 1.29 is 0 Å². The molecule has 0 bridgehead atoms. The zero-order chi connectivity index (χ0) is 15.6. The van der Waals surface area contributed by atoms with Gasteiger partial charge in [0.15, 0.2) is 0 Å². The van der Waals surface area contributed by atoms with Gasteiger partial charge in [-0.2, -0.15) is 0 Å². The van der Waals surface area contributed by atoms with Crippen LogP contribution in [0.1, 0.15) is 5.82 Å². The minimum absolute atomic E-state index is 0.860. The third-order valence-corrected chi connectivity index (χ3v) is 4.00. The molecule has 3 aromatic carbocycles. The number of aromatic nitrogens is 2. The molecule has 0 fully saturated rings. The van der Waals surface area contributed by atoms with E-state index >= 15 is 0 Å². The highest BCUT2D eigenvalue weighted by atomic mass is 15.1. The molecule has 4 aromatic rings. The van der Waals surface area contributed by atoms with E-state index in [9.17, 15) is 0 Å². The van der Waals surface area contributed by atoms with E-state index in [1.165, 1.54) is 11.1 Å². The third-order valence-electron chi connectivity index (χ3n) is 4.00. The van der Waals surface area contributed by atoms with Crippen molar-refractivity contribution in [3.63, 3.8) is 0 Å². The first-order valence-corrected chi connectivity index (χ1v) is 7.62. The number of fused-ring (bicyclic) bond motifs is 1. The molecular formula is C21H16N2. The van der Waals surface area contributed by atoms with Crippen LogP contribution in [0.2, 0.25) is 0 Å². The normalized spacial score (nSPS) is 10.8. The number of rotatable bonds is 3. The number of imidazole rings is 1. The minimum Gasteiger partial charge on any atom is -0.293 e. The summed E-state index contributed by atoms with van der Waals surface area (Å²) in [5.74, 6) is 0.860. The Labute approximate surface area is 135 Å². The van der Waals surface area contributed by atoms with Crippen molar-refractivity contribution >= 4 is 17.1 Å². The highest BCUT2D eigenvalue weighted by molar-refractivity contribution is 5.80. The van der Waals surface area contributed by atoms with Crippen LogP contribution in [0.15, 0.2) is 85.4 Å². The van der Waals surface area contributed by atoms with E-state index in [1.54, 1.807) is 6.08 Å². The highest BCUT2D eigenvalue weighted by Crippen LogP contribution is 2.25. The molecule has 2 nitrogen and oxygen atoms in total. The van der Waals surface area contributed by atoms with Crippen molar-refractivity contribution in [1.82, 2.24) is 9.55 Å². The molecule has 0 radical (unpaired) electrons. The Kier molecular flexibility index (Phi) is 3.28. The van der Waals surface area contributed by atoms with Gasteiger partial charge in [0.1, 0.15) is 5.82 Å². The number of hydrogen-bond acceptors (Lipinski definition) is 1. The van der Waals surface area contributed by atoms with Gasteiger partial charge >= 0.3 is 0 Å². The molecule has 2 heteroatoms. The Balaban J connectivity index is 1.84. The van der Waals surface area contributed by atoms with Crippen LogP contribution >= 0.6 is 0 Å². The molecule has 0 aliphatic rings. The fourth-order valence-corrected chi connectivity index (χ4v) is 2.89. The molecule has 110 valence electrons. The maximum Gasteiger partial charge on any atom is 0.137 e. The minimum atomic E-state index is 0.860. The molecule has 1 aromatic heterocycles. The molecule has 0 unspecified atom stereocenters. The van der Waals surface area contributed by atoms with Crippen LogP contribution in [-0.4, -0.2) is 9.55 Å². The first-order valence-electron chi connectivity index (χ1n) is 7.62. The summed E-state index contributed by atoms with van der Waals surface area (Å²) in [7, 11) is 0. The van der Waals surface area contributed by atoms with Crippen molar-refractivity contribution in [2.45, 2.75) is 0 Å². The van der Waals surface area contributed by atoms with Gasteiger partial charge in [-0.25, -0.2) is 4.98 Å². The van der Waals surface area contributed by atoms with Gasteiger partial charge in [-0.3, -0.25) is 4.57 Å². The number of para-hydroxylation sites is 2. The second-order valence-electron chi connectivity index (χ2n) is 5.41. The maximum atomic E-state index is 4.63. The molecule has 4 rings (SSSR count). The van der Waals surface area contributed by atoms with Gasteiger partial charge in [0.2, 0.25) is 0 Å². The molecule has 0 amide bonds. The Hall–Kier alpha value is -3.13. The first kappa shape index (κ1) is 13.5. The van der Waals surface area contributed by atoms with E-state index in [0.29, 0.717) is 0 Å². The lowest BCUT2D eigenvalue weighted by atomic mass is 10.1. The molecule has 0 spiro atoms. The Morgan fingerprint density at radius 1 is 0.739 bits per heavy atom. The SMILES string of the molecule is C=Cc1nc2ccccc2n1-c1ccc(-c2ccccc2)cc1. The van der Waals surface area contributed by atoms with E-state index in [2.05, 4.69) is 70.7 Å². The number of benzene rings is 3. The van der Waals surface area contributed by atoms with Crippen molar-refractivity contribution in [3.05, 3.63) is 91.3 Å². The van der Waals surface area contributed by atoms with Gasteiger partial charge in [0.25, 0.3) is 0 Å². The van der Waals surface area contributed by atoms with Gasteiger partial charge < -0.3 is 0 Å². The largest absolute Gasteiger partial charge is 0.293 e. The van der Waals surface area contributed by atoms with Crippen LogP contribution in [0.3, 0.4) is 0 Å². The summed E-state index contributed by atoms with van der Waals surface area (Å²) in [4.78, 5) is 4.63. The van der Waals surface area contributed by atoms with Crippen LogP contribution in [0.5, 0.6) is 0 Å². The Bertz CT molecular complexity index is 964. The zero-order valence-corrected chi connectivity index (χ0v) is 12.7. The average molecular weight is 296 g/mol. The van der Waals surface area contributed by atoms with E-state index in [0.717, 1.165) is 22.5 Å². The smallest absolute Gasteiger partial charge is 0.137 e. The lowest BCUT2D eigenvalue weighted by Crippen LogP contribution is -1.96. The summed E-state index contributed by atoms with van der Waals surface area (Å²) >= 11 is 0. The molecule has 0 saturated carbocycles. The fraction of sp³-hybridized carbons (Fsp3) is 0. The van der Waals surface area contributed by atoms with Crippen LogP contribution in [0, 0.1) is 0 Å². The quantitative estimate of drug-likeness (QED) is 0.499. The average Bonchev–Trinajstić information content (AvgIpc) is 3.01. The predicted octanol–water partition coefficient (Wildman–Crippen LogP) is 5.34. The van der Waals surface area contributed by atoms with Gasteiger partial charge in [-0.15, -0.1) is 0 Å². The fourth-order valence-electron chi connectivity index (χ4n) is 2.89. The summed E-state index contributed by atoms with van der Waals surface area (Å²) in [5, 5.41) is 0. The summed E-state index contributed by atoms with van der Waals surface area (Å²) in [5.41, 5.74) is 5.59. The molecule has 0 aliphatic carbocycles. The first-order chi connectivity index (χ1) is 11.4. The lowest BCUT2D eigenvalue weighted by Gasteiger charge is -2.08. The standard InChI is InChI=1S/C21H16N2/c1-2-21-22-19-10-6-7-11-20(19)23(21)18-14-12-17(13-15-18)16-8-4-3-5-9-16/h2-15H,1H2. The molecule has 0 atom stereocenters. The van der Waals surface area contributed by atoms with E-state index in [-0.39, 0.29) is 0 Å². The molecule has 0 saturated heterocycles. The van der Waals surface area contributed by atoms with Crippen LogP contribution in [0.4, 0.5) is 0 Å². The summed E-state index contributed by atoms with van der Waals surface area (Å²) < 4.78 is 2.14. The van der Waals surface area contributed by atoms with E-state index in [1.807, 2.05) is 24.3 Å². The molecule has 1 heterocycles. The molecule has 0 N–H and O–H groups in total. The van der Waals surface area contributed by atoms with Crippen molar-refractivity contribution in [1.29, 1.82) is 0 Å². The second-order valence-corrected chi connectivity index (χ2v) is 5.41. The van der Waals surface area contributed by atoms with Gasteiger partial charge in [-0.05, 0) is 41.5 Å². The van der Waals surface area contributed by atoms with Gasteiger partial charge in [-0.1, -0.05) is 61.2 Å². The summed E-state index contributed by atoms with van der Waals surface area (Å²) in [6, 6.07) is 27.1. The predicted molar refractivity (Wildman–Crippen MR) is 96.6 cm³/mol. The summed E-state index contributed by atoms with van der Waals surface area (Å²) in [6.07, 6.45) is 1.80. The van der Waals surface area contributed by atoms with E-state index < -0.39 is 0 Å². The van der Waals surface area contributed by atoms with Crippen LogP contribution in [0.25, 0.3) is 33.9 Å². The van der Waals surface area contributed by atoms with Crippen molar-refractivity contribution in [2.75, 3.05) is 0 Å². The maximum absolute atomic E-state index is 4.63. The van der Waals surface area contributed by atoms with Gasteiger partial charge in [0, 0.05) is 5.69 Å².